The van der Waals surface area contributed by atoms with Crippen LogP contribution in [0.5, 0.6) is 0 Å². The van der Waals surface area contributed by atoms with Gasteiger partial charge in [0.25, 0.3) is 5.69 Å². The summed E-state index contributed by atoms with van der Waals surface area (Å²) in [5, 5.41) is 19.9. The fourth-order valence-electron chi connectivity index (χ4n) is 1.47. The van der Waals surface area contributed by atoms with Gasteiger partial charge < -0.3 is 5.11 Å². The summed E-state index contributed by atoms with van der Waals surface area (Å²) in [6.07, 6.45) is 1.47. The molecule has 6 heteroatoms. The monoisotopic (exact) mass is 313 g/mol. The predicted octanol–water partition coefficient (Wildman–Crippen LogP) is 3.18. The number of benzene rings is 1. The first-order chi connectivity index (χ1) is 8.31. The average molecular weight is 314 g/mol. The summed E-state index contributed by atoms with van der Waals surface area (Å²) < 4.78 is 0.310. The lowest BCUT2D eigenvalue weighted by atomic mass is 9.84. The Hall–Kier alpha value is -1.69. The van der Waals surface area contributed by atoms with E-state index in [1.165, 1.54) is 25.1 Å². The van der Waals surface area contributed by atoms with Gasteiger partial charge in [0.1, 0.15) is 0 Å². The zero-order chi connectivity index (χ0) is 13.9. The van der Waals surface area contributed by atoms with Crippen LogP contribution in [0, 0.1) is 15.5 Å². The van der Waals surface area contributed by atoms with Crippen LogP contribution >= 0.6 is 15.9 Å². The van der Waals surface area contributed by atoms with Crippen LogP contribution in [-0.4, -0.2) is 16.0 Å². The molecule has 0 radical (unpaired) electrons. The Morgan fingerprint density at radius 3 is 2.72 bits per heavy atom. The summed E-state index contributed by atoms with van der Waals surface area (Å²) in [5.41, 5.74) is -0.670. The van der Waals surface area contributed by atoms with Crippen molar-refractivity contribution in [3.8, 4) is 0 Å². The molecule has 0 aliphatic carbocycles. The van der Waals surface area contributed by atoms with Gasteiger partial charge in [-0.1, -0.05) is 18.2 Å². The zero-order valence-corrected chi connectivity index (χ0v) is 11.3. The lowest BCUT2D eigenvalue weighted by Crippen LogP contribution is -2.27. The van der Waals surface area contributed by atoms with Crippen molar-refractivity contribution in [1.82, 2.24) is 0 Å². The minimum atomic E-state index is -1.16. The van der Waals surface area contributed by atoms with Crippen molar-refractivity contribution in [3.63, 3.8) is 0 Å². The molecule has 0 saturated carbocycles. The Labute approximate surface area is 112 Å². The molecule has 0 aliphatic rings. The van der Waals surface area contributed by atoms with Gasteiger partial charge in [-0.3, -0.25) is 14.9 Å². The number of carbonyl (C=O) groups is 1. The molecule has 0 amide bonds. The summed E-state index contributed by atoms with van der Waals surface area (Å²) >= 11 is 3.14. The molecule has 0 heterocycles. The lowest BCUT2D eigenvalue weighted by molar-refractivity contribution is -0.385. The third-order valence-corrected chi connectivity index (χ3v) is 3.67. The van der Waals surface area contributed by atoms with Crippen molar-refractivity contribution in [1.29, 1.82) is 0 Å². The molecule has 1 aromatic rings. The van der Waals surface area contributed by atoms with Gasteiger partial charge in [0.15, 0.2) is 0 Å². The Kier molecular flexibility index (Phi) is 4.24. The van der Waals surface area contributed by atoms with Gasteiger partial charge in [0.05, 0.1) is 14.8 Å². The lowest BCUT2D eigenvalue weighted by Gasteiger charge is -2.20. The predicted molar refractivity (Wildman–Crippen MR) is 70.4 cm³/mol. The van der Waals surface area contributed by atoms with Crippen molar-refractivity contribution in [2.24, 2.45) is 5.41 Å². The van der Waals surface area contributed by atoms with Crippen LogP contribution in [-0.2, 0) is 11.2 Å². The number of nitrogens with zero attached hydrogens (tertiary/aromatic N) is 1. The van der Waals surface area contributed by atoms with Crippen LogP contribution in [0.3, 0.4) is 0 Å². The van der Waals surface area contributed by atoms with Gasteiger partial charge in [-0.05, 0) is 34.8 Å². The molecule has 0 aromatic heterocycles. The molecule has 18 heavy (non-hydrogen) atoms. The van der Waals surface area contributed by atoms with E-state index in [-0.39, 0.29) is 12.1 Å². The Morgan fingerprint density at radius 2 is 2.28 bits per heavy atom. The molecule has 0 saturated heterocycles. The zero-order valence-electron chi connectivity index (χ0n) is 9.72. The Morgan fingerprint density at radius 1 is 1.67 bits per heavy atom. The molecular weight excluding hydrogens is 302 g/mol. The Bertz CT molecular complexity index is 515. The van der Waals surface area contributed by atoms with Crippen molar-refractivity contribution in [2.75, 3.05) is 0 Å². The second-order valence-corrected chi connectivity index (χ2v) is 4.90. The number of hydrogen-bond donors (Lipinski definition) is 1. The van der Waals surface area contributed by atoms with Gasteiger partial charge in [-0.15, -0.1) is 6.58 Å². The number of nitro benzene ring substituents is 1. The average Bonchev–Trinajstić information content (AvgIpc) is 2.31. The third-order valence-electron chi connectivity index (χ3n) is 2.75. The minimum Gasteiger partial charge on any atom is -0.481 e. The molecule has 1 atom stereocenters. The normalized spacial score (nSPS) is 13.7. The number of hydrogen-bond acceptors (Lipinski definition) is 3. The van der Waals surface area contributed by atoms with Gasteiger partial charge in [-0.2, -0.15) is 0 Å². The third kappa shape index (κ3) is 2.76. The van der Waals surface area contributed by atoms with Crippen LogP contribution in [0.4, 0.5) is 5.69 Å². The highest BCUT2D eigenvalue weighted by atomic mass is 79.9. The molecule has 1 aromatic carbocycles. The maximum atomic E-state index is 11.2. The summed E-state index contributed by atoms with van der Waals surface area (Å²) in [5.74, 6) is -1.02. The van der Waals surface area contributed by atoms with Crippen molar-refractivity contribution >= 4 is 27.6 Å². The van der Waals surface area contributed by atoms with E-state index in [2.05, 4.69) is 22.5 Å². The molecule has 0 aliphatic heterocycles. The van der Waals surface area contributed by atoms with Gasteiger partial charge in [0.2, 0.25) is 0 Å². The molecule has 1 N–H and O–H groups in total. The SMILES string of the molecule is C=CC(C)(Cc1cccc([N+](=O)[O-])c1Br)C(=O)O. The highest BCUT2D eigenvalue weighted by Crippen LogP contribution is 2.33. The first kappa shape index (κ1) is 14.4. The second-order valence-electron chi connectivity index (χ2n) is 4.11. The quantitative estimate of drug-likeness (QED) is 0.514. The van der Waals surface area contributed by atoms with E-state index in [0.717, 1.165) is 0 Å². The molecule has 0 bridgehead atoms. The number of halogens is 1. The molecule has 5 nitrogen and oxygen atoms in total. The highest BCUT2D eigenvalue weighted by molar-refractivity contribution is 9.10. The maximum Gasteiger partial charge on any atom is 0.313 e. The number of nitro groups is 1. The largest absolute Gasteiger partial charge is 0.481 e. The second kappa shape index (κ2) is 5.30. The molecular formula is C12H12BrNO4. The van der Waals surface area contributed by atoms with Gasteiger partial charge in [0, 0.05) is 6.07 Å². The fourth-order valence-corrected chi connectivity index (χ4v) is 2.02. The van der Waals surface area contributed by atoms with E-state index in [9.17, 15) is 14.9 Å². The first-order valence-corrected chi connectivity index (χ1v) is 5.90. The standard InChI is InChI=1S/C12H12BrNO4/c1-3-12(2,11(15)16)7-8-5-4-6-9(10(8)13)14(17)18/h3-6H,1,7H2,2H3,(H,15,16). The van der Waals surface area contributed by atoms with E-state index < -0.39 is 16.3 Å². The van der Waals surface area contributed by atoms with Crippen LogP contribution in [0.1, 0.15) is 12.5 Å². The first-order valence-electron chi connectivity index (χ1n) is 5.10. The van der Waals surface area contributed by atoms with Crippen LogP contribution in [0.25, 0.3) is 0 Å². The summed E-state index contributed by atoms with van der Waals surface area (Å²) in [7, 11) is 0. The highest BCUT2D eigenvalue weighted by Gasteiger charge is 2.31. The van der Waals surface area contributed by atoms with Crippen LogP contribution in [0.2, 0.25) is 0 Å². The fraction of sp³-hybridized carbons (Fsp3) is 0.250. The summed E-state index contributed by atoms with van der Waals surface area (Å²) in [4.78, 5) is 21.4. The molecule has 0 fully saturated rings. The number of rotatable bonds is 5. The topological polar surface area (TPSA) is 80.4 Å². The molecule has 1 unspecified atom stereocenters. The number of carboxylic acid groups (broad SMARTS) is 1. The number of aliphatic carboxylic acids is 1. The number of carboxylic acids is 1. The van der Waals surface area contributed by atoms with Crippen molar-refractivity contribution in [3.05, 3.63) is 51.0 Å². The summed E-state index contributed by atoms with van der Waals surface area (Å²) in [6.45, 7) is 5.03. The molecule has 96 valence electrons. The van der Waals surface area contributed by atoms with E-state index in [1.807, 2.05) is 0 Å². The molecule has 1 rings (SSSR count). The maximum absolute atomic E-state index is 11.2. The van der Waals surface area contributed by atoms with Crippen LogP contribution < -0.4 is 0 Å². The van der Waals surface area contributed by atoms with E-state index in [4.69, 9.17) is 5.11 Å². The van der Waals surface area contributed by atoms with E-state index in [0.29, 0.717) is 10.0 Å². The Balaban J connectivity index is 3.20. The van der Waals surface area contributed by atoms with Crippen LogP contribution in [0.15, 0.2) is 35.3 Å². The van der Waals surface area contributed by atoms with Crippen molar-refractivity contribution < 1.29 is 14.8 Å². The van der Waals surface area contributed by atoms with E-state index >= 15 is 0 Å². The summed E-state index contributed by atoms with van der Waals surface area (Å²) in [6, 6.07) is 4.55. The van der Waals surface area contributed by atoms with E-state index in [1.54, 1.807) is 6.07 Å². The van der Waals surface area contributed by atoms with Crippen molar-refractivity contribution in [2.45, 2.75) is 13.3 Å². The van der Waals surface area contributed by atoms with Gasteiger partial charge >= 0.3 is 5.97 Å². The smallest absolute Gasteiger partial charge is 0.313 e. The molecule has 0 spiro atoms. The minimum absolute atomic E-state index is 0.0794. The van der Waals surface area contributed by atoms with Gasteiger partial charge in [-0.25, -0.2) is 0 Å².